The van der Waals surface area contributed by atoms with Crippen LogP contribution in [0.5, 0.6) is 5.75 Å². The molecule has 20 heavy (non-hydrogen) atoms. The molecule has 0 saturated carbocycles. The Kier molecular flexibility index (Phi) is 5.44. The van der Waals surface area contributed by atoms with Gasteiger partial charge in [-0.25, -0.2) is 0 Å². The first-order valence-electron chi connectivity index (χ1n) is 6.41. The van der Waals surface area contributed by atoms with Crippen molar-refractivity contribution in [3.8, 4) is 5.75 Å². The van der Waals surface area contributed by atoms with Crippen molar-refractivity contribution in [1.82, 2.24) is 0 Å². The lowest BCUT2D eigenvalue weighted by Crippen LogP contribution is -1.92. The molecule has 0 aliphatic rings. The van der Waals surface area contributed by atoms with Gasteiger partial charge in [-0.1, -0.05) is 35.0 Å². The summed E-state index contributed by atoms with van der Waals surface area (Å²) in [6.07, 6.45) is 1.66. The van der Waals surface area contributed by atoms with Gasteiger partial charge in [-0.2, -0.15) is 0 Å². The number of benzene rings is 2. The Morgan fingerprint density at radius 2 is 1.85 bits per heavy atom. The molecule has 4 heteroatoms. The summed E-state index contributed by atoms with van der Waals surface area (Å²) in [6.45, 7) is 2.97. The van der Waals surface area contributed by atoms with E-state index in [0.717, 1.165) is 16.9 Å². The molecule has 0 aliphatic heterocycles. The number of hydrogen-bond acceptors (Lipinski definition) is 3. The second-order valence-electron chi connectivity index (χ2n) is 4.10. The summed E-state index contributed by atoms with van der Waals surface area (Å²) in [6, 6.07) is 15.2. The topological polar surface area (TPSA) is 30.8 Å². The molecule has 104 valence electrons. The van der Waals surface area contributed by atoms with Gasteiger partial charge in [-0.05, 0) is 42.8 Å². The number of nitrogens with zero attached hydrogens (tertiary/aromatic N) is 1. The molecule has 0 heterocycles. The Morgan fingerprint density at radius 3 is 2.55 bits per heavy atom. The standard InChI is InChI=1S/C16H16ClNO2/c1-2-19-15-9-7-13(8-10-15)11-18-20-12-14-5-3-4-6-16(14)17/h3-11H,2,12H2,1H3/b18-11+. The predicted octanol–water partition coefficient (Wildman–Crippen LogP) is 4.29. The highest BCUT2D eigenvalue weighted by atomic mass is 35.5. The smallest absolute Gasteiger partial charge is 0.143 e. The monoisotopic (exact) mass is 289 g/mol. The Balaban J connectivity index is 1.86. The highest BCUT2D eigenvalue weighted by Gasteiger charge is 1.98. The third-order valence-electron chi connectivity index (χ3n) is 2.65. The second kappa shape index (κ2) is 7.56. The molecule has 0 N–H and O–H groups in total. The lowest BCUT2D eigenvalue weighted by molar-refractivity contribution is 0.132. The molecule has 0 saturated heterocycles. The third kappa shape index (κ3) is 4.28. The van der Waals surface area contributed by atoms with Crippen LogP contribution in [0.1, 0.15) is 18.1 Å². The van der Waals surface area contributed by atoms with Crippen molar-refractivity contribution in [3.63, 3.8) is 0 Å². The van der Waals surface area contributed by atoms with E-state index in [-0.39, 0.29) is 0 Å². The van der Waals surface area contributed by atoms with E-state index in [2.05, 4.69) is 5.16 Å². The summed E-state index contributed by atoms with van der Waals surface area (Å²) >= 11 is 6.02. The molecular weight excluding hydrogens is 274 g/mol. The van der Waals surface area contributed by atoms with E-state index in [1.807, 2.05) is 55.5 Å². The van der Waals surface area contributed by atoms with Crippen LogP contribution in [0.3, 0.4) is 0 Å². The van der Waals surface area contributed by atoms with Gasteiger partial charge in [0.1, 0.15) is 12.4 Å². The van der Waals surface area contributed by atoms with Crippen LogP contribution >= 0.6 is 11.6 Å². The maximum Gasteiger partial charge on any atom is 0.143 e. The third-order valence-corrected chi connectivity index (χ3v) is 3.01. The summed E-state index contributed by atoms with van der Waals surface area (Å²) in [5.74, 6) is 0.849. The van der Waals surface area contributed by atoms with Gasteiger partial charge in [-0.3, -0.25) is 0 Å². The van der Waals surface area contributed by atoms with Crippen LogP contribution in [0, 0.1) is 0 Å². The average molecular weight is 290 g/mol. The number of ether oxygens (including phenoxy) is 1. The van der Waals surface area contributed by atoms with Gasteiger partial charge in [0.25, 0.3) is 0 Å². The van der Waals surface area contributed by atoms with Gasteiger partial charge in [-0.15, -0.1) is 0 Å². The fourth-order valence-corrected chi connectivity index (χ4v) is 1.83. The minimum atomic E-state index is 0.354. The summed E-state index contributed by atoms with van der Waals surface area (Å²) in [5.41, 5.74) is 1.87. The van der Waals surface area contributed by atoms with E-state index in [0.29, 0.717) is 18.2 Å². The zero-order chi connectivity index (χ0) is 14.2. The molecule has 0 bridgehead atoms. The quantitative estimate of drug-likeness (QED) is 0.587. The maximum absolute atomic E-state index is 6.02. The number of oxime groups is 1. The number of rotatable bonds is 6. The number of hydrogen-bond donors (Lipinski definition) is 0. The highest BCUT2D eigenvalue weighted by Crippen LogP contribution is 2.15. The molecule has 0 spiro atoms. The molecule has 2 rings (SSSR count). The largest absolute Gasteiger partial charge is 0.494 e. The molecule has 0 amide bonds. The van der Waals surface area contributed by atoms with Crippen LogP contribution in [-0.2, 0) is 11.4 Å². The first kappa shape index (κ1) is 14.4. The molecule has 0 aliphatic carbocycles. The zero-order valence-corrected chi connectivity index (χ0v) is 12.0. The number of halogens is 1. The van der Waals surface area contributed by atoms with E-state index in [1.54, 1.807) is 6.21 Å². The summed E-state index contributed by atoms with van der Waals surface area (Å²) < 4.78 is 5.37. The van der Waals surface area contributed by atoms with Gasteiger partial charge in [0.2, 0.25) is 0 Å². The maximum atomic E-state index is 6.02. The first-order valence-corrected chi connectivity index (χ1v) is 6.79. The zero-order valence-electron chi connectivity index (χ0n) is 11.3. The van der Waals surface area contributed by atoms with Gasteiger partial charge < -0.3 is 9.57 Å². The minimum absolute atomic E-state index is 0.354. The molecule has 0 atom stereocenters. The molecule has 0 radical (unpaired) electrons. The predicted molar refractivity (Wildman–Crippen MR) is 81.4 cm³/mol. The second-order valence-corrected chi connectivity index (χ2v) is 4.51. The van der Waals surface area contributed by atoms with Crippen molar-refractivity contribution in [3.05, 3.63) is 64.7 Å². The lowest BCUT2D eigenvalue weighted by atomic mass is 10.2. The Labute approximate surface area is 123 Å². The van der Waals surface area contributed by atoms with Gasteiger partial charge in [0, 0.05) is 10.6 Å². The van der Waals surface area contributed by atoms with Crippen molar-refractivity contribution in [1.29, 1.82) is 0 Å². The molecule has 0 fully saturated rings. The molecule has 0 aromatic heterocycles. The molecule has 2 aromatic carbocycles. The molecule has 2 aromatic rings. The SMILES string of the molecule is CCOc1ccc(/C=N/OCc2ccccc2Cl)cc1. The molecule has 3 nitrogen and oxygen atoms in total. The van der Waals surface area contributed by atoms with Crippen molar-refractivity contribution in [2.45, 2.75) is 13.5 Å². The summed E-state index contributed by atoms with van der Waals surface area (Å²) in [4.78, 5) is 5.24. The minimum Gasteiger partial charge on any atom is -0.494 e. The highest BCUT2D eigenvalue weighted by molar-refractivity contribution is 6.31. The lowest BCUT2D eigenvalue weighted by Gasteiger charge is -2.03. The first-order chi connectivity index (χ1) is 9.79. The Bertz CT molecular complexity index is 567. The molecular formula is C16H16ClNO2. The van der Waals surface area contributed by atoms with Gasteiger partial charge in [0.15, 0.2) is 0 Å². The van der Waals surface area contributed by atoms with Gasteiger partial charge in [0.05, 0.1) is 12.8 Å². The summed E-state index contributed by atoms with van der Waals surface area (Å²) in [5, 5.41) is 4.61. The van der Waals surface area contributed by atoms with Crippen LogP contribution in [0.25, 0.3) is 0 Å². The van der Waals surface area contributed by atoms with Crippen molar-refractivity contribution in [2.75, 3.05) is 6.61 Å². The Hall–Kier alpha value is -2.00. The van der Waals surface area contributed by atoms with Crippen LogP contribution < -0.4 is 4.74 Å². The van der Waals surface area contributed by atoms with Crippen LogP contribution in [0.4, 0.5) is 0 Å². The molecule has 0 unspecified atom stereocenters. The van der Waals surface area contributed by atoms with Crippen molar-refractivity contribution in [2.24, 2.45) is 5.16 Å². The van der Waals surface area contributed by atoms with Crippen LogP contribution in [-0.4, -0.2) is 12.8 Å². The van der Waals surface area contributed by atoms with Crippen LogP contribution in [0.2, 0.25) is 5.02 Å². The Morgan fingerprint density at radius 1 is 1.10 bits per heavy atom. The van der Waals surface area contributed by atoms with Crippen molar-refractivity contribution < 1.29 is 9.57 Å². The average Bonchev–Trinajstić information content (AvgIpc) is 2.47. The van der Waals surface area contributed by atoms with Gasteiger partial charge >= 0.3 is 0 Å². The normalized spacial score (nSPS) is 10.7. The van der Waals surface area contributed by atoms with Crippen LogP contribution in [0.15, 0.2) is 53.7 Å². The van der Waals surface area contributed by atoms with E-state index >= 15 is 0 Å². The fraction of sp³-hybridized carbons (Fsp3) is 0.188. The van der Waals surface area contributed by atoms with E-state index < -0.39 is 0 Å². The van der Waals surface area contributed by atoms with E-state index in [4.69, 9.17) is 21.2 Å². The fourth-order valence-electron chi connectivity index (χ4n) is 1.64. The van der Waals surface area contributed by atoms with E-state index in [9.17, 15) is 0 Å². The van der Waals surface area contributed by atoms with E-state index in [1.165, 1.54) is 0 Å². The summed E-state index contributed by atoms with van der Waals surface area (Å²) in [7, 11) is 0. The van der Waals surface area contributed by atoms with Crippen molar-refractivity contribution >= 4 is 17.8 Å².